The zero-order chi connectivity index (χ0) is 14.2. The molecule has 0 radical (unpaired) electrons. The third-order valence-electron chi connectivity index (χ3n) is 2.81. The first kappa shape index (κ1) is 13.7. The summed E-state index contributed by atoms with van der Waals surface area (Å²) in [6.07, 6.45) is 0. The van der Waals surface area contributed by atoms with Crippen molar-refractivity contribution in [3.05, 3.63) is 46.3 Å². The summed E-state index contributed by atoms with van der Waals surface area (Å²) in [5.41, 5.74) is 6.71. The Hall–Kier alpha value is -1.75. The number of amides is 1. The number of nitrogens with two attached hydrogens (primary N) is 1. The van der Waals surface area contributed by atoms with E-state index < -0.39 is 17.5 Å². The van der Waals surface area contributed by atoms with Gasteiger partial charge in [-0.25, -0.2) is 8.78 Å². The minimum atomic E-state index is -0.905. The molecule has 2 rings (SSSR count). The summed E-state index contributed by atoms with van der Waals surface area (Å²) >= 11 is 1.20. The highest BCUT2D eigenvalue weighted by Gasteiger charge is 2.17. The van der Waals surface area contributed by atoms with Crippen molar-refractivity contribution in [1.29, 1.82) is 0 Å². The van der Waals surface area contributed by atoms with Crippen LogP contribution in [-0.4, -0.2) is 5.91 Å². The molecule has 1 amide bonds. The third-order valence-corrected chi connectivity index (χ3v) is 4.03. The normalized spacial score (nSPS) is 11.0. The molecular weight excluding hydrogens is 268 g/mol. The lowest BCUT2D eigenvalue weighted by molar-refractivity contribution is 0.100. The van der Waals surface area contributed by atoms with Crippen molar-refractivity contribution in [3.8, 4) is 10.4 Å². The molecule has 0 aliphatic rings. The van der Waals surface area contributed by atoms with Gasteiger partial charge in [-0.05, 0) is 35.2 Å². The standard InChI is InChI=1S/C14H13F2NOS/c1-7(2)9-6-12(19-13(9)14(17)18)8-3-4-10(15)11(16)5-8/h3-7H,1-2H3,(H2,17,18). The maximum atomic E-state index is 13.2. The predicted molar refractivity (Wildman–Crippen MR) is 72.3 cm³/mol. The molecule has 0 aliphatic heterocycles. The van der Waals surface area contributed by atoms with Gasteiger partial charge >= 0.3 is 0 Å². The molecule has 0 saturated heterocycles. The molecule has 100 valence electrons. The summed E-state index contributed by atoms with van der Waals surface area (Å²) in [7, 11) is 0. The van der Waals surface area contributed by atoms with Crippen LogP contribution in [0, 0.1) is 11.6 Å². The first-order chi connectivity index (χ1) is 8.90. The molecule has 0 spiro atoms. The van der Waals surface area contributed by atoms with Gasteiger partial charge in [-0.2, -0.15) is 0 Å². The first-order valence-electron chi connectivity index (χ1n) is 5.79. The number of thiophene rings is 1. The number of primary amides is 1. The number of hydrogen-bond donors (Lipinski definition) is 1. The molecule has 0 unspecified atom stereocenters. The lowest BCUT2D eigenvalue weighted by Gasteiger charge is -2.02. The molecular formula is C14H13F2NOS. The highest BCUT2D eigenvalue weighted by molar-refractivity contribution is 7.17. The SMILES string of the molecule is CC(C)c1cc(-c2ccc(F)c(F)c2)sc1C(N)=O. The van der Waals surface area contributed by atoms with E-state index in [1.54, 1.807) is 0 Å². The van der Waals surface area contributed by atoms with E-state index in [1.807, 2.05) is 19.9 Å². The van der Waals surface area contributed by atoms with Crippen LogP contribution in [0.25, 0.3) is 10.4 Å². The summed E-state index contributed by atoms with van der Waals surface area (Å²) in [5.74, 6) is -2.16. The lowest BCUT2D eigenvalue weighted by atomic mass is 10.0. The zero-order valence-electron chi connectivity index (χ0n) is 10.5. The zero-order valence-corrected chi connectivity index (χ0v) is 11.4. The highest BCUT2D eigenvalue weighted by Crippen LogP contribution is 2.35. The van der Waals surface area contributed by atoms with E-state index in [4.69, 9.17) is 5.73 Å². The van der Waals surface area contributed by atoms with Crippen LogP contribution < -0.4 is 5.73 Å². The maximum Gasteiger partial charge on any atom is 0.259 e. The van der Waals surface area contributed by atoms with Crippen LogP contribution >= 0.6 is 11.3 Å². The van der Waals surface area contributed by atoms with Crippen LogP contribution in [-0.2, 0) is 0 Å². The number of carbonyl (C=O) groups excluding carboxylic acids is 1. The highest BCUT2D eigenvalue weighted by atomic mass is 32.1. The molecule has 0 saturated carbocycles. The molecule has 19 heavy (non-hydrogen) atoms. The van der Waals surface area contributed by atoms with Gasteiger partial charge in [-0.15, -0.1) is 11.3 Å². The average Bonchev–Trinajstić information content (AvgIpc) is 2.78. The number of halogens is 2. The Kier molecular flexibility index (Phi) is 3.66. The fraction of sp³-hybridized carbons (Fsp3) is 0.214. The van der Waals surface area contributed by atoms with E-state index in [9.17, 15) is 13.6 Å². The Morgan fingerprint density at radius 2 is 1.89 bits per heavy atom. The predicted octanol–water partition coefficient (Wildman–Crippen LogP) is 3.92. The molecule has 2 aromatic rings. The molecule has 2 N–H and O–H groups in total. The van der Waals surface area contributed by atoms with Crippen molar-refractivity contribution in [2.45, 2.75) is 19.8 Å². The number of carbonyl (C=O) groups is 1. The van der Waals surface area contributed by atoms with Crippen LogP contribution in [0.5, 0.6) is 0 Å². The summed E-state index contributed by atoms with van der Waals surface area (Å²) in [4.78, 5) is 12.6. The minimum absolute atomic E-state index is 0.137. The topological polar surface area (TPSA) is 43.1 Å². The second-order valence-electron chi connectivity index (χ2n) is 4.54. The quantitative estimate of drug-likeness (QED) is 0.910. The molecule has 0 bridgehead atoms. The average molecular weight is 281 g/mol. The van der Waals surface area contributed by atoms with Gasteiger partial charge in [0.25, 0.3) is 5.91 Å². The summed E-state index contributed by atoms with van der Waals surface area (Å²) in [6, 6.07) is 5.49. The summed E-state index contributed by atoms with van der Waals surface area (Å²) in [6.45, 7) is 3.90. The lowest BCUT2D eigenvalue weighted by Crippen LogP contribution is -2.11. The van der Waals surface area contributed by atoms with Crippen molar-refractivity contribution in [2.24, 2.45) is 5.73 Å². The molecule has 0 atom stereocenters. The molecule has 0 fully saturated rings. The Bertz CT molecular complexity index is 634. The largest absolute Gasteiger partial charge is 0.365 e. The summed E-state index contributed by atoms with van der Waals surface area (Å²) in [5, 5.41) is 0. The molecule has 1 heterocycles. The van der Waals surface area contributed by atoms with E-state index in [0.29, 0.717) is 15.3 Å². The van der Waals surface area contributed by atoms with Crippen LogP contribution in [0.15, 0.2) is 24.3 Å². The van der Waals surface area contributed by atoms with Gasteiger partial charge in [-0.1, -0.05) is 19.9 Å². The second kappa shape index (κ2) is 5.09. The summed E-state index contributed by atoms with van der Waals surface area (Å²) < 4.78 is 26.1. The van der Waals surface area contributed by atoms with Crippen molar-refractivity contribution >= 4 is 17.2 Å². The van der Waals surface area contributed by atoms with Gasteiger partial charge in [0.05, 0.1) is 4.88 Å². The third kappa shape index (κ3) is 2.66. The fourth-order valence-electron chi connectivity index (χ4n) is 1.82. The van der Waals surface area contributed by atoms with Crippen molar-refractivity contribution in [1.82, 2.24) is 0 Å². The fourth-order valence-corrected chi connectivity index (χ4v) is 2.98. The van der Waals surface area contributed by atoms with Crippen molar-refractivity contribution in [2.75, 3.05) is 0 Å². The Morgan fingerprint density at radius 3 is 2.37 bits per heavy atom. The monoisotopic (exact) mass is 281 g/mol. The smallest absolute Gasteiger partial charge is 0.259 e. The van der Waals surface area contributed by atoms with Crippen LogP contribution in [0.2, 0.25) is 0 Å². The van der Waals surface area contributed by atoms with E-state index >= 15 is 0 Å². The van der Waals surface area contributed by atoms with Gasteiger partial charge in [0.2, 0.25) is 0 Å². The van der Waals surface area contributed by atoms with Gasteiger partial charge in [0.15, 0.2) is 11.6 Å². The van der Waals surface area contributed by atoms with Crippen molar-refractivity contribution < 1.29 is 13.6 Å². The molecule has 0 aliphatic carbocycles. The molecule has 2 nitrogen and oxygen atoms in total. The van der Waals surface area contributed by atoms with Gasteiger partial charge in [-0.3, -0.25) is 4.79 Å². The van der Waals surface area contributed by atoms with Crippen LogP contribution in [0.4, 0.5) is 8.78 Å². The molecule has 5 heteroatoms. The first-order valence-corrected chi connectivity index (χ1v) is 6.60. The van der Waals surface area contributed by atoms with Gasteiger partial charge < -0.3 is 5.73 Å². The number of rotatable bonds is 3. The van der Waals surface area contributed by atoms with Gasteiger partial charge in [0, 0.05) is 4.88 Å². The van der Waals surface area contributed by atoms with Crippen molar-refractivity contribution in [3.63, 3.8) is 0 Å². The van der Waals surface area contributed by atoms with Gasteiger partial charge in [0.1, 0.15) is 0 Å². The number of hydrogen-bond acceptors (Lipinski definition) is 2. The van der Waals surface area contributed by atoms with E-state index in [1.165, 1.54) is 17.4 Å². The van der Waals surface area contributed by atoms with Crippen LogP contribution in [0.3, 0.4) is 0 Å². The minimum Gasteiger partial charge on any atom is -0.365 e. The van der Waals surface area contributed by atoms with Crippen LogP contribution in [0.1, 0.15) is 35.0 Å². The second-order valence-corrected chi connectivity index (χ2v) is 5.60. The maximum absolute atomic E-state index is 13.2. The Labute approximate surface area is 113 Å². The Morgan fingerprint density at radius 1 is 1.21 bits per heavy atom. The van der Waals surface area contributed by atoms with E-state index in [0.717, 1.165) is 17.7 Å². The Balaban J connectivity index is 2.54. The van der Waals surface area contributed by atoms with E-state index in [2.05, 4.69) is 0 Å². The molecule has 1 aromatic carbocycles. The number of benzene rings is 1. The van der Waals surface area contributed by atoms with E-state index in [-0.39, 0.29) is 5.92 Å². The molecule has 1 aromatic heterocycles.